The van der Waals surface area contributed by atoms with Crippen molar-refractivity contribution < 1.29 is 90.5 Å². The van der Waals surface area contributed by atoms with Gasteiger partial charge in [0.2, 0.25) is 0 Å². The van der Waals surface area contributed by atoms with Crippen molar-refractivity contribution in [3.63, 3.8) is 0 Å². The van der Waals surface area contributed by atoms with Crippen LogP contribution in [0.5, 0.6) is 0 Å². The van der Waals surface area contributed by atoms with Crippen molar-refractivity contribution >= 4 is 39.1 Å². The van der Waals surface area contributed by atoms with Crippen LogP contribution in [-0.4, -0.2) is 38.1 Å². The van der Waals surface area contributed by atoms with E-state index in [1.165, 1.54) is 0 Å². The predicted molar refractivity (Wildman–Crippen MR) is 33.7 cm³/mol. The Morgan fingerprint density at radius 3 is 1.73 bits per heavy atom. The van der Waals surface area contributed by atoms with Gasteiger partial charge in [-0.05, 0) is 0 Å². The molecular formula is H6O7P2RbSb. The first-order valence-corrected chi connectivity index (χ1v) is 6.12. The molecule has 1 unspecified atom stereocenters. The van der Waals surface area contributed by atoms with Crippen LogP contribution in [0.3, 0.4) is 0 Å². The first-order chi connectivity index (χ1) is 4.27. The van der Waals surface area contributed by atoms with E-state index in [4.69, 9.17) is 14.7 Å². The monoisotopic (exact) mass is 386 g/mol. The summed E-state index contributed by atoms with van der Waals surface area (Å²) in [5.41, 5.74) is 0. The van der Waals surface area contributed by atoms with Crippen molar-refractivity contribution in [3.8, 4) is 0 Å². The maximum absolute atomic E-state index is 10.2. The van der Waals surface area contributed by atoms with Gasteiger partial charge in [-0.2, -0.15) is 0 Å². The van der Waals surface area contributed by atoms with Crippen LogP contribution in [0.4, 0.5) is 0 Å². The molecule has 0 radical (unpaired) electrons. The van der Waals surface area contributed by atoms with E-state index in [9.17, 15) is 9.13 Å². The van der Waals surface area contributed by atoms with Gasteiger partial charge in [-0.25, -0.2) is 0 Å². The zero-order chi connectivity index (χ0) is 8.41. The zero-order valence-electron chi connectivity index (χ0n) is 6.45. The van der Waals surface area contributed by atoms with Gasteiger partial charge >= 0.3 is 128 Å². The third-order valence-corrected chi connectivity index (χ3v) is 4.57. The Hall–Kier alpha value is 2.88. The van der Waals surface area contributed by atoms with Gasteiger partial charge in [-0.1, -0.05) is 0 Å². The smallest absolute Gasteiger partial charge is 1.00 e. The van der Waals surface area contributed by atoms with Gasteiger partial charge in [0.25, 0.3) is 0 Å². The van der Waals surface area contributed by atoms with E-state index in [0.717, 1.165) is 0 Å². The summed E-state index contributed by atoms with van der Waals surface area (Å²) in [4.78, 5) is 24.3. The summed E-state index contributed by atoms with van der Waals surface area (Å²) >= 11 is -0.0813. The van der Waals surface area contributed by atoms with Crippen molar-refractivity contribution in [2.45, 2.75) is 0 Å². The summed E-state index contributed by atoms with van der Waals surface area (Å²) < 4.78 is 27.3. The maximum atomic E-state index is 10.2. The molecular weight excluding hydrogens is 381 g/mol. The molecule has 64 valence electrons. The van der Waals surface area contributed by atoms with Crippen LogP contribution in [0.2, 0.25) is 0 Å². The second kappa shape index (κ2) is 6.38. The minimum absolute atomic E-state index is 0. The van der Waals surface area contributed by atoms with Crippen LogP contribution in [0.1, 0.15) is 1.43 Å². The molecule has 7 nitrogen and oxygen atoms in total. The molecule has 0 fully saturated rings. The fraction of sp³-hybridized carbons (Fsp3) is 0. The molecule has 0 rings (SSSR count). The quantitative estimate of drug-likeness (QED) is 0.333. The zero-order valence-corrected chi connectivity index (χ0v) is 15.4. The van der Waals surface area contributed by atoms with E-state index in [-0.39, 0.29) is 83.1 Å². The average molecular weight is 387 g/mol. The van der Waals surface area contributed by atoms with Gasteiger partial charge in [-0.15, -0.1) is 0 Å². The fourth-order valence-corrected chi connectivity index (χ4v) is 2.37. The van der Waals surface area contributed by atoms with E-state index in [2.05, 4.69) is 7.11 Å². The first-order valence-electron chi connectivity index (χ1n) is 1.75. The Morgan fingerprint density at radius 1 is 1.27 bits per heavy atom. The Bertz CT molecular complexity index is 200. The summed E-state index contributed by atoms with van der Waals surface area (Å²) in [5.74, 6) is 0. The van der Waals surface area contributed by atoms with Gasteiger partial charge in [0.1, 0.15) is 0 Å². The third-order valence-electron chi connectivity index (χ3n) is 0.343. The van der Waals surface area contributed by atoms with Crippen LogP contribution >= 0.6 is 15.6 Å². The molecule has 0 aliphatic carbocycles. The van der Waals surface area contributed by atoms with Gasteiger partial charge < -0.3 is 1.43 Å². The van der Waals surface area contributed by atoms with Crippen LogP contribution < -0.4 is 58.2 Å². The van der Waals surface area contributed by atoms with E-state index < -0.39 is 15.6 Å². The van der Waals surface area contributed by atoms with Gasteiger partial charge in [0.15, 0.2) is 0 Å². The summed E-state index contributed by atoms with van der Waals surface area (Å²) in [6.45, 7) is 0. The predicted octanol–water partition coefficient (Wildman–Crippen LogP) is -4.12. The molecule has 0 saturated carbocycles. The molecule has 0 amide bonds. The Morgan fingerprint density at radius 2 is 1.64 bits per heavy atom. The molecule has 0 aliphatic heterocycles. The first kappa shape index (κ1) is 16.3. The van der Waals surface area contributed by atoms with E-state index in [1.54, 1.807) is 0 Å². The topological polar surface area (TPSA) is 113 Å². The molecule has 0 saturated heterocycles. The molecule has 0 aromatic heterocycles. The van der Waals surface area contributed by atoms with Crippen LogP contribution in [0.25, 0.3) is 0 Å². The molecule has 3 N–H and O–H groups in total. The molecule has 1 atom stereocenters. The maximum Gasteiger partial charge on any atom is 1.00 e. The normalized spacial score (nSPS) is 16.7. The summed E-state index contributed by atoms with van der Waals surface area (Å²) in [7, 11) is -9.42. The number of hydrogen-bond donors (Lipinski definition) is 3. The van der Waals surface area contributed by atoms with Crippen molar-refractivity contribution in [3.05, 3.63) is 0 Å². The molecule has 0 aliphatic rings. The summed E-state index contributed by atoms with van der Waals surface area (Å²) in [5, 5.41) is 0. The number of rotatable bonds is 3. The van der Waals surface area contributed by atoms with Crippen molar-refractivity contribution in [2.24, 2.45) is 0 Å². The van der Waals surface area contributed by atoms with Crippen LogP contribution in [-0.2, 0) is 16.2 Å². The standard InChI is InChI=1S/H4O7P2.Rb.Sb.3H/c1-8(2,3)7-9(4,5)6;;;;;/h(H2,1,2,3)(H2,4,5,6);;;;;/q;2*+1;;;-1/p-1. The molecule has 11 heavy (non-hydrogen) atoms. The summed E-state index contributed by atoms with van der Waals surface area (Å²) in [6, 6.07) is 0. The second-order valence-electron chi connectivity index (χ2n) is 1.15. The fourth-order valence-electron chi connectivity index (χ4n) is 0.154. The Kier molecular flexibility index (Phi) is 9.47. The van der Waals surface area contributed by atoms with E-state index in [1.807, 2.05) is 0 Å². The average Bonchev–Trinajstić information content (AvgIpc) is 1.60. The molecule has 0 bridgehead atoms. The molecule has 0 aromatic rings. The molecule has 0 aromatic carbocycles. The van der Waals surface area contributed by atoms with E-state index >= 15 is 0 Å². The summed E-state index contributed by atoms with van der Waals surface area (Å²) in [6.07, 6.45) is 0. The second-order valence-corrected chi connectivity index (χ2v) is 5.73. The largest absolute Gasteiger partial charge is 1.00 e. The van der Waals surface area contributed by atoms with Crippen molar-refractivity contribution in [1.29, 1.82) is 0 Å². The Balaban J connectivity index is -0.000000405. The van der Waals surface area contributed by atoms with Crippen LogP contribution in [0, 0.1) is 0 Å². The SMILES string of the molecule is O=P(O)(O)OP(=O)(O)[O][SbH2].[H-].[Rb+]. The Labute approximate surface area is 127 Å². The van der Waals surface area contributed by atoms with Crippen molar-refractivity contribution in [2.75, 3.05) is 0 Å². The van der Waals surface area contributed by atoms with Gasteiger partial charge in [0, 0.05) is 0 Å². The minimum atomic E-state index is -4.92. The molecule has 0 heterocycles. The molecule has 11 heteroatoms. The van der Waals surface area contributed by atoms with Gasteiger partial charge in [-0.3, -0.25) is 0 Å². The number of phosphoric acid groups is 2. The number of hydrogen-bond acceptors (Lipinski definition) is 4. The van der Waals surface area contributed by atoms with Crippen molar-refractivity contribution in [1.82, 2.24) is 0 Å². The molecule has 0 spiro atoms. The van der Waals surface area contributed by atoms with Crippen LogP contribution in [0.15, 0.2) is 0 Å². The van der Waals surface area contributed by atoms with Gasteiger partial charge in [0.05, 0.1) is 0 Å². The third kappa shape index (κ3) is 10.8. The van der Waals surface area contributed by atoms with E-state index in [0.29, 0.717) is 0 Å². The minimum Gasteiger partial charge on any atom is -1.00 e.